The largest absolute Gasteiger partial charge is 0.352 e. The van der Waals surface area contributed by atoms with E-state index in [1.54, 1.807) is 0 Å². The van der Waals surface area contributed by atoms with Crippen molar-refractivity contribution in [2.24, 2.45) is 0 Å². The van der Waals surface area contributed by atoms with Crippen molar-refractivity contribution in [3.05, 3.63) is 0 Å². The number of likely N-dealkylation sites (N-methyl/N-ethyl adjacent to an activating group) is 1. The Morgan fingerprint density at radius 2 is 1.94 bits per heavy atom. The van der Waals surface area contributed by atoms with Crippen LogP contribution in [0.2, 0.25) is 0 Å². The lowest BCUT2D eigenvalue weighted by molar-refractivity contribution is -0.121. The first kappa shape index (κ1) is 15.9. The molecule has 0 aromatic carbocycles. The van der Waals surface area contributed by atoms with Gasteiger partial charge in [-0.15, -0.1) is 0 Å². The Hall–Kier alpha value is -0.0900. The number of amides is 1. The Morgan fingerprint density at radius 1 is 1.31 bits per heavy atom. The Morgan fingerprint density at radius 3 is 2.44 bits per heavy atom. The van der Waals surface area contributed by atoms with E-state index in [0.29, 0.717) is 6.42 Å². The normalized spacial score (nSPS) is 12.8. The second-order valence-electron chi connectivity index (χ2n) is 4.10. The van der Waals surface area contributed by atoms with Gasteiger partial charge < -0.3 is 10.2 Å². The van der Waals surface area contributed by atoms with Gasteiger partial charge in [0.25, 0.3) is 0 Å². The van der Waals surface area contributed by atoms with Crippen LogP contribution >= 0.6 is 15.9 Å². The summed E-state index contributed by atoms with van der Waals surface area (Å²) >= 11 is 3.36. The summed E-state index contributed by atoms with van der Waals surface area (Å²) in [6, 6.07) is 0.247. The van der Waals surface area contributed by atoms with Crippen molar-refractivity contribution in [3.8, 4) is 0 Å². The minimum Gasteiger partial charge on any atom is -0.352 e. The molecule has 0 aromatic rings. The van der Waals surface area contributed by atoms with Crippen LogP contribution in [0.3, 0.4) is 0 Å². The molecule has 0 saturated carbocycles. The second kappa shape index (κ2) is 10.1. The van der Waals surface area contributed by atoms with Gasteiger partial charge >= 0.3 is 0 Å². The van der Waals surface area contributed by atoms with Gasteiger partial charge in [0.15, 0.2) is 0 Å². The molecule has 0 fully saturated rings. The van der Waals surface area contributed by atoms with Gasteiger partial charge in [-0.3, -0.25) is 4.79 Å². The van der Waals surface area contributed by atoms with Gasteiger partial charge in [-0.2, -0.15) is 0 Å². The van der Waals surface area contributed by atoms with E-state index in [2.05, 4.69) is 46.9 Å². The van der Waals surface area contributed by atoms with Crippen LogP contribution in [0.5, 0.6) is 0 Å². The number of hydrogen-bond acceptors (Lipinski definition) is 2. The van der Waals surface area contributed by atoms with E-state index >= 15 is 0 Å². The van der Waals surface area contributed by atoms with Crippen molar-refractivity contribution in [2.45, 2.75) is 46.1 Å². The van der Waals surface area contributed by atoms with Gasteiger partial charge in [0.2, 0.25) is 5.91 Å². The zero-order chi connectivity index (χ0) is 12.4. The molecule has 96 valence electrons. The third kappa shape index (κ3) is 8.11. The predicted octanol–water partition coefficient (Wildman–Crippen LogP) is 2.40. The molecule has 1 amide bonds. The van der Waals surface area contributed by atoms with Gasteiger partial charge in [0, 0.05) is 24.3 Å². The number of unbranched alkanes of at least 4 members (excludes halogenated alkanes) is 1. The lowest BCUT2D eigenvalue weighted by Gasteiger charge is -2.23. The minimum atomic E-state index is 0.181. The highest BCUT2D eigenvalue weighted by molar-refractivity contribution is 9.09. The minimum absolute atomic E-state index is 0.181. The number of hydrogen-bond donors (Lipinski definition) is 1. The Bertz CT molecular complexity index is 184. The summed E-state index contributed by atoms with van der Waals surface area (Å²) in [5.41, 5.74) is 0. The molecule has 0 rings (SSSR count). The SMILES string of the molecule is CCN(CC)CC(C)NC(=O)CCCCBr. The molecular formula is C12H25BrN2O. The molecule has 0 radical (unpaired) electrons. The van der Waals surface area contributed by atoms with Crippen molar-refractivity contribution < 1.29 is 4.79 Å². The number of alkyl halides is 1. The highest BCUT2D eigenvalue weighted by Crippen LogP contribution is 1.99. The first-order chi connectivity index (χ1) is 7.63. The van der Waals surface area contributed by atoms with Gasteiger partial charge in [-0.1, -0.05) is 29.8 Å². The Labute approximate surface area is 108 Å². The van der Waals surface area contributed by atoms with Gasteiger partial charge in [-0.25, -0.2) is 0 Å². The number of rotatable bonds is 9. The fourth-order valence-electron chi connectivity index (χ4n) is 1.64. The van der Waals surface area contributed by atoms with Gasteiger partial charge in [0.05, 0.1) is 0 Å². The van der Waals surface area contributed by atoms with Crippen molar-refractivity contribution in [3.63, 3.8) is 0 Å². The molecule has 0 spiro atoms. The maximum Gasteiger partial charge on any atom is 0.220 e. The molecule has 0 aliphatic carbocycles. The predicted molar refractivity (Wildman–Crippen MR) is 73.0 cm³/mol. The van der Waals surface area contributed by atoms with Gasteiger partial charge in [0.1, 0.15) is 0 Å². The fourth-order valence-corrected chi connectivity index (χ4v) is 2.04. The van der Waals surface area contributed by atoms with E-state index < -0.39 is 0 Å². The molecule has 0 aliphatic rings. The molecule has 0 aromatic heterocycles. The molecule has 1 atom stereocenters. The summed E-state index contributed by atoms with van der Waals surface area (Å²) < 4.78 is 0. The quantitative estimate of drug-likeness (QED) is 0.523. The van der Waals surface area contributed by atoms with Gasteiger partial charge in [-0.05, 0) is 32.9 Å². The molecule has 16 heavy (non-hydrogen) atoms. The van der Waals surface area contributed by atoms with E-state index in [9.17, 15) is 4.79 Å². The molecule has 0 heterocycles. The lowest BCUT2D eigenvalue weighted by atomic mass is 10.2. The first-order valence-corrected chi connectivity index (χ1v) is 7.33. The molecule has 1 N–H and O–H groups in total. The highest BCUT2D eigenvalue weighted by atomic mass is 79.9. The summed E-state index contributed by atoms with van der Waals surface area (Å²) in [6.45, 7) is 9.39. The molecule has 1 unspecified atom stereocenters. The number of nitrogens with one attached hydrogen (secondary N) is 1. The van der Waals surface area contributed by atoms with Crippen molar-refractivity contribution in [1.29, 1.82) is 0 Å². The molecule has 0 aliphatic heterocycles. The van der Waals surface area contributed by atoms with Crippen LogP contribution in [0, 0.1) is 0 Å². The monoisotopic (exact) mass is 292 g/mol. The van der Waals surface area contributed by atoms with Crippen molar-refractivity contribution >= 4 is 21.8 Å². The van der Waals surface area contributed by atoms with E-state index in [1.165, 1.54) is 0 Å². The van der Waals surface area contributed by atoms with Crippen LogP contribution in [0.1, 0.15) is 40.0 Å². The maximum atomic E-state index is 11.5. The lowest BCUT2D eigenvalue weighted by Crippen LogP contribution is -2.41. The van der Waals surface area contributed by atoms with E-state index in [-0.39, 0.29) is 11.9 Å². The van der Waals surface area contributed by atoms with E-state index in [4.69, 9.17) is 0 Å². The van der Waals surface area contributed by atoms with Crippen LogP contribution in [0.15, 0.2) is 0 Å². The fraction of sp³-hybridized carbons (Fsp3) is 0.917. The van der Waals surface area contributed by atoms with Crippen LogP contribution in [0.25, 0.3) is 0 Å². The summed E-state index contributed by atoms with van der Waals surface area (Å²) in [7, 11) is 0. The first-order valence-electron chi connectivity index (χ1n) is 6.21. The van der Waals surface area contributed by atoms with Crippen LogP contribution in [0.4, 0.5) is 0 Å². The molecule has 0 saturated heterocycles. The Kier molecular flexibility index (Phi) is 10.0. The van der Waals surface area contributed by atoms with E-state index in [0.717, 1.165) is 37.8 Å². The summed E-state index contributed by atoms with van der Waals surface area (Å²) in [5, 5.41) is 4.02. The molecular weight excluding hydrogens is 268 g/mol. The summed E-state index contributed by atoms with van der Waals surface area (Å²) in [6.07, 6.45) is 2.68. The number of carbonyl (C=O) groups excluding carboxylic acids is 1. The number of halogens is 1. The Balaban J connectivity index is 3.68. The highest BCUT2D eigenvalue weighted by Gasteiger charge is 2.09. The topological polar surface area (TPSA) is 32.3 Å². The summed E-state index contributed by atoms with van der Waals surface area (Å²) in [4.78, 5) is 13.9. The van der Waals surface area contributed by atoms with Crippen LogP contribution in [-0.4, -0.2) is 41.8 Å². The van der Waals surface area contributed by atoms with Crippen molar-refractivity contribution in [2.75, 3.05) is 25.0 Å². The number of carbonyl (C=O) groups is 1. The molecule has 3 nitrogen and oxygen atoms in total. The summed E-state index contributed by atoms with van der Waals surface area (Å²) in [5.74, 6) is 0.181. The molecule has 0 bridgehead atoms. The zero-order valence-electron chi connectivity index (χ0n) is 10.8. The second-order valence-corrected chi connectivity index (χ2v) is 4.89. The zero-order valence-corrected chi connectivity index (χ0v) is 12.3. The third-order valence-corrected chi connectivity index (χ3v) is 3.18. The molecule has 4 heteroatoms. The van der Waals surface area contributed by atoms with Crippen molar-refractivity contribution in [1.82, 2.24) is 10.2 Å². The smallest absolute Gasteiger partial charge is 0.220 e. The number of nitrogens with zero attached hydrogens (tertiary/aromatic N) is 1. The maximum absolute atomic E-state index is 11.5. The average molecular weight is 293 g/mol. The third-order valence-electron chi connectivity index (χ3n) is 2.62. The van der Waals surface area contributed by atoms with Crippen LogP contribution in [-0.2, 0) is 4.79 Å². The van der Waals surface area contributed by atoms with Crippen LogP contribution < -0.4 is 5.32 Å². The van der Waals surface area contributed by atoms with E-state index in [1.807, 2.05) is 0 Å². The standard InChI is InChI=1S/C12H25BrN2O/c1-4-15(5-2)10-11(3)14-12(16)8-6-7-9-13/h11H,4-10H2,1-3H3,(H,14,16). The average Bonchev–Trinajstić information content (AvgIpc) is 2.26.